The summed E-state index contributed by atoms with van der Waals surface area (Å²) < 4.78 is 63.2. The summed E-state index contributed by atoms with van der Waals surface area (Å²) in [6, 6.07) is 7.40. The molecular weight excluding hydrogens is 564 g/mol. The van der Waals surface area contributed by atoms with Gasteiger partial charge in [-0.1, -0.05) is 20.8 Å². The van der Waals surface area contributed by atoms with E-state index >= 15 is 4.39 Å². The highest BCUT2D eigenvalue weighted by Gasteiger charge is 2.38. The van der Waals surface area contributed by atoms with Gasteiger partial charge in [-0.3, -0.25) is 10.2 Å². The standard InChI is InChI=1S/C26H29FN4O4.C2HF3O2/c1-26(2,3)17-10-15(11-18-23(17)35-9-8-30(18)7-6-28)19(32)14-31-13-16-12-20(33-4)24(34-5)22(27)21(16)25(31)29;3-2(4,5)1(6)7/h10-12,29H,7-9,13-14H2,1-5H3;(H,6,7). The van der Waals surface area contributed by atoms with Crippen molar-refractivity contribution in [2.24, 2.45) is 0 Å². The molecule has 0 saturated heterocycles. The van der Waals surface area contributed by atoms with Crippen molar-refractivity contribution >= 4 is 23.3 Å². The summed E-state index contributed by atoms with van der Waals surface area (Å²) in [5.41, 5.74) is 2.43. The SMILES string of the molecule is COc1cc2c(c(F)c1OC)C(=N)N(CC(=O)c1cc3c(c(C(C)(C)C)c1)OCCN3CC#N)C2.O=C(O)C(F)(F)F. The molecule has 0 aromatic heterocycles. The minimum atomic E-state index is -5.08. The van der Waals surface area contributed by atoms with E-state index in [9.17, 15) is 23.2 Å². The number of ether oxygens (including phenoxy) is 3. The molecule has 2 heterocycles. The molecule has 2 aromatic carbocycles. The van der Waals surface area contributed by atoms with Gasteiger partial charge in [0.1, 0.15) is 24.7 Å². The number of aliphatic carboxylic acids is 1. The van der Waals surface area contributed by atoms with Gasteiger partial charge in [-0.15, -0.1) is 0 Å². The van der Waals surface area contributed by atoms with E-state index in [2.05, 4.69) is 6.07 Å². The number of Topliss-reactive ketones (excluding diaryl/α,β-unsaturated/α-hetero) is 1. The van der Waals surface area contributed by atoms with E-state index in [0.717, 1.165) is 5.56 Å². The number of carbonyl (C=O) groups excluding carboxylic acids is 1. The zero-order chi connectivity index (χ0) is 31.6. The van der Waals surface area contributed by atoms with Gasteiger partial charge in [0.05, 0.1) is 44.6 Å². The van der Waals surface area contributed by atoms with Crippen LogP contribution >= 0.6 is 0 Å². The molecule has 0 unspecified atom stereocenters. The Bertz CT molecular complexity index is 1450. The van der Waals surface area contributed by atoms with Crippen molar-refractivity contribution in [3.05, 3.63) is 46.3 Å². The summed E-state index contributed by atoms with van der Waals surface area (Å²) in [5, 5.41) is 24.9. The van der Waals surface area contributed by atoms with Crippen LogP contribution in [-0.2, 0) is 16.8 Å². The highest BCUT2D eigenvalue weighted by Crippen LogP contribution is 2.42. The summed E-state index contributed by atoms with van der Waals surface area (Å²) in [7, 11) is 2.77. The summed E-state index contributed by atoms with van der Waals surface area (Å²) in [4.78, 5) is 25.8. The van der Waals surface area contributed by atoms with Gasteiger partial charge in [0.2, 0.25) is 0 Å². The number of nitriles is 1. The van der Waals surface area contributed by atoms with Crippen LogP contribution in [0.25, 0.3) is 0 Å². The van der Waals surface area contributed by atoms with Crippen LogP contribution in [0.1, 0.15) is 47.8 Å². The van der Waals surface area contributed by atoms with Gasteiger partial charge in [0.15, 0.2) is 23.1 Å². The number of nitrogens with zero attached hydrogens (tertiary/aromatic N) is 3. The summed E-state index contributed by atoms with van der Waals surface area (Å²) >= 11 is 0. The molecule has 0 amide bonds. The largest absolute Gasteiger partial charge is 0.493 e. The van der Waals surface area contributed by atoms with Gasteiger partial charge in [-0.2, -0.15) is 18.4 Å². The Balaban J connectivity index is 0.000000616. The molecule has 42 heavy (non-hydrogen) atoms. The van der Waals surface area contributed by atoms with Crippen molar-refractivity contribution in [3.63, 3.8) is 0 Å². The van der Waals surface area contributed by atoms with Gasteiger partial charge in [0, 0.05) is 17.7 Å². The van der Waals surface area contributed by atoms with Crippen molar-refractivity contribution in [3.8, 4) is 23.3 Å². The first-order chi connectivity index (χ1) is 19.5. The van der Waals surface area contributed by atoms with Crippen molar-refractivity contribution in [2.75, 3.05) is 45.4 Å². The number of methoxy groups -OCH3 is 2. The number of nitrogens with one attached hydrogen (secondary N) is 1. The molecule has 14 heteroatoms. The molecule has 0 fully saturated rings. The van der Waals surface area contributed by atoms with Gasteiger partial charge in [-0.05, 0) is 29.2 Å². The number of fused-ring (bicyclic) bond motifs is 2. The first kappa shape index (κ1) is 32.0. The van der Waals surface area contributed by atoms with Crippen LogP contribution in [-0.4, -0.2) is 74.2 Å². The van der Waals surface area contributed by atoms with Crippen LogP contribution in [0.5, 0.6) is 17.2 Å². The minimum absolute atomic E-state index is 0.0636. The molecule has 0 aliphatic carbocycles. The Morgan fingerprint density at radius 1 is 1.14 bits per heavy atom. The van der Waals surface area contributed by atoms with Crippen LogP contribution in [0, 0.1) is 22.6 Å². The second-order valence-electron chi connectivity index (χ2n) is 10.4. The summed E-state index contributed by atoms with van der Waals surface area (Å²) in [5.74, 6) is -2.84. The summed E-state index contributed by atoms with van der Waals surface area (Å²) in [6.07, 6.45) is -5.08. The van der Waals surface area contributed by atoms with E-state index in [1.165, 1.54) is 19.1 Å². The lowest BCUT2D eigenvalue weighted by Crippen LogP contribution is -2.35. The monoisotopic (exact) mass is 594 g/mol. The van der Waals surface area contributed by atoms with Crippen molar-refractivity contribution in [1.82, 2.24) is 4.90 Å². The normalized spacial score (nSPS) is 14.1. The molecule has 4 rings (SSSR count). The molecule has 0 bridgehead atoms. The van der Waals surface area contributed by atoms with Gasteiger partial charge in [-0.25, -0.2) is 9.18 Å². The van der Waals surface area contributed by atoms with Crippen molar-refractivity contribution in [1.29, 1.82) is 10.7 Å². The molecule has 10 nitrogen and oxygen atoms in total. The minimum Gasteiger partial charge on any atom is -0.493 e. The van der Waals surface area contributed by atoms with E-state index in [4.69, 9.17) is 29.5 Å². The van der Waals surface area contributed by atoms with Crippen LogP contribution in [0.4, 0.5) is 23.2 Å². The van der Waals surface area contributed by atoms with Crippen LogP contribution in [0.3, 0.4) is 0 Å². The van der Waals surface area contributed by atoms with Crippen LogP contribution in [0.15, 0.2) is 18.2 Å². The average Bonchev–Trinajstić information content (AvgIpc) is 3.22. The van der Waals surface area contributed by atoms with Gasteiger partial charge in [0.25, 0.3) is 0 Å². The fraction of sp³-hybridized carbons (Fsp3) is 0.429. The number of amidine groups is 1. The maximum absolute atomic E-state index is 15.1. The Kier molecular flexibility index (Phi) is 9.24. The lowest BCUT2D eigenvalue weighted by Gasteiger charge is -2.34. The lowest BCUT2D eigenvalue weighted by molar-refractivity contribution is -0.192. The van der Waals surface area contributed by atoms with E-state index in [1.54, 1.807) is 12.1 Å². The Hall–Kier alpha value is -4.54. The number of ketones is 1. The predicted octanol–water partition coefficient (Wildman–Crippen LogP) is 4.52. The number of halogens is 4. The van der Waals surface area contributed by atoms with Gasteiger partial charge < -0.3 is 29.1 Å². The molecular formula is C28H30F4N4O6. The number of carboxylic acids is 1. The average molecular weight is 595 g/mol. The Morgan fingerprint density at radius 2 is 1.79 bits per heavy atom. The molecule has 0 radical (unpaired) electrons. The molecule has 2 N–H and O–H groups in total. The number of hydrogen-bond acceptors (Lipinski definition) is 8. The molecule has 2 aliphatic heterocycles. The molecule has 0 atom stereocenters. The van der Waals surface area contributed by atoms with Crippen LogP contribution < -0.4 is 19.1 Å². The highest BCUT2D eigenvalue weighted by atomic mass is 19.4. The fourth-order valence-corrected chi connectivity index (χ4v) is 4.57. The van der Waals surface area contributed by atoms with Crippen molar-refractivity contribution in [2.45, 2.75) is 38.9 Å². The Labute approximate surface area is 239 Å². The quantitative estimate of drug-likeness (QED) is 0.281. The third-order valence-electron chi connectivity index (χ3n) is 6.59. The summed E-state index contributed by atoms with van der Waals surface area (Å²) in [6.45, 7) is 7.44. The molecule has 0 saturated carbocycles. The van der Waals surface area contributed by atoms with E-state index in [1.807, 2.05) is 31.7 Å². The topological polar surface area (TPSA) is 136 Å². The third kappa shape index (κ3) is 6.50. The Morgan fingerprint density at radius 3 is 2.31 bits per heavy atom. The number of carboxylic acid groups (broad SMARTS) is 1. The molecule has 0 spiro atoms. The maximum Gasteiger partial charge on any atom is 0.490 e. The molecule has 226 valence electrons. The highest BCUT2D eigenvalue weighted by molar-refractivity contribution is 6.06. The maximum atomic E-state index is 15.1. The zero-order valence-corrected chi connectivity index (χ0v) is 23.6. The number of hydrogen-bond donors (Lipinski definition) is 2. The second kappa shape index (κ2) is 12.1. The lowest BCUT2D eigenvalue weighted by atomic mass is 9.84. The number of alkyl halides is 3. The molecule has 2 aromatic rings. The fourth-order valence-electron chi connectivity index (χ4n) is 4.57. The third-order valence-corrected chi connectivity index (χ3v) is 6.59. The first-order valence-electron chi connectivity index (χ1n) is 12.6. The van der Waals surface area contributed by atoms with Gasteiger partial charge >= 0.3 is 12.1 Å². The van der Waals surface area contributed by atoms with Crippen molar-refractivity contribution < 1.29 is 46.5 Å². The first-order valence-corrected chi connectivity index (χ1v) is 12.6. The number of benzene rings is 2. The zero-order valence-electron chi connectivity index (χ0n) is 23.6. The number of anilines is 1. The second-order valence-corrected chi connectivity index (χ2v) is 10.4. The van der Waals surface area contributed by atoms with Crippen LogP contribution in [0.2, 0.25) is 0 Å². The van der Waals surface area contributed by atoms with E-state index in [-0.39, 0.29) is 53.7 Å². The predicted molar refractivity (Wildman–Crippen MR) is 143 cm³/mol. The van der Waals surface area contributed by atoms with E-state index in [0.29, 0.717) is 35.7 Å². The van der Waals surface area contributed by atoms with E-state index < -0.39 is 18.0 Å². The number of carbonyl (C=O) groups is 2. The molecule has 2 aliphatic rings. The number of rotatable bonds is 6. The smallest absolute Gasteiger partial charge is 0.490 e.